The Morgan fingerprint density at radius 2 is 1.62 bits per heavy atom. The number of benzene rings is 1. The van der Waals surface area contributed by atoms with Gasteiger partial charge in [0.05, 0.1) is 6.04 Å². The minimum absolute atomic E-state index is 0.120. The third-order valence-electron chi connectivity index (χ3n) is 7.09. The van der Waals surface area contributed by atoms with E-state index in [1.54, 1.807) is 13.8 Å². The van der Waals surface area contributed by atoms with Gasteiger partial charge < -0.3 is 14.8 Å². The van der Waals surface area contributed by atoms with Gasteiger partial charge >= 0.3 is 6.36 Å². The Kier molecular flexibility index (Phi) is 5.69. The molecule has 4 aliphatic carbocycles. The molecule has 178 valence electrons. The van der Waals surface area contributed by atoms with E-state index in [1.165, 1.54) is 18.2 Å². The number of nitrogens with one attached hydrogen (secondary N) is 1. The van der Waals surface area contributed by atoms with Crippen molar-refractivity contribution in [2.24, 2.45) is 22.9 Å². The van der Waals surface area contributed by atoms with Crippen LogP contribution in [-0.2, 0) is 10.0 Å². The Morgan fingerprint density at radius 1 is 1.09 bits per heavy atom. The molecule has 1 aromatic rings. The number of sulfonamides is 1. The fourth-order valence-electron chi connectivity index (χ4n) is 6.00. The Bertz CT molecular complexity index is 999. The van der Waals surface area contributed by atoms with Gasteiger partial charge in [0.1, 0.15) is 9.74 Å². The molecule has 4 fully saturated rings. The molecular formula is C21H27F3N2O4S2. The third-order valence-corrected chi connectivity index (χ3v) is 9.42. The van der Waals surface area contributed by atoms with Crippen LogP contribution in [0.4, 0.5) is 13.2 Å². The average Bonchev–Trinajstić information content (AvgIpc) is 2.63. The zero-order valence-corrected chi connectivity index (χ0v) is 19.4. The number of hydrogen-bond donors (Lipinski definition) is 2. The molecule has 0 saturated heterocycles. The van der Waals surface area contributed by atoms with Crippen molar-refractivity contribution in [2.75, 3.05) is 0 Å². The summed E-state index contributed by atoms with van der Waals surface area (Å²) in [7, 11) is -3.86. The fraction of sp³-hybridized carbons (Fsp3) is 0.667. The number of nitrogens with two attached hydrogens (primary N) is 1. The van der Waals surface area contributed by atoms with Gasteiger partial charge in [-0.1, -0.05) is 24.4 Å². The van der Waals surface area contributed by atoms with Crippen LogP contribution in [0.3, 0.4) is 0 Å². The first kappa shape index (κ1) is 23.6. The monoisotopic (exact) mass is 492 g/mol. The summed E-state index contributed by atoms with van der Waals surface area (Å²) in [4.78, 5) is 0.208. The lowest BCUT2D eigenvalue weighted by molar-refractivity contribution is -0.275. The van der Waals surface area contributed by atoms with Crippen molar-refractivity contribution in [3.63, 3.8) is 0 Å². The zero-order valence-electron chi connectivity index (χ0n) is 17.8. The molecular weight excluding hydrogens is 465 g/mol. The number of para-hydroxylation sites is 2. The average molecular weight is 493 g/mol. The molecule has 0 heterocycles. The minimum Gasteiger partial charge on any atom is -0.477 e. The second-order valence-electron chi connectivity index (χ2n) is 9.78. The summed E-state index contributed by atoms with van der Waals surface area (Å²) in [5.41, 5.74) is -1.23. The van der Waals surface area contributed by atoms with E-state index in [0.29, 0.717) is 24.7 Å². The number of rotatable bonds is 6. The largest absolute Gasteiger partial charge is 0.573 e. The number of primary sulfonamides is 1. The highest BCUT2D eigenvalue weighted by atomic mass is 32.2. The molecule has 0 spiro atoms. The van der Waals surface area contributed by atoms with Crippen LogP contribution in [0.15, 0.2) is 24.3 Å². The number of thiocarbonyl (C=S) groups is 1. The second kappa shape index (κ2) is 7.73. The van der Waals surface area contributed by atoms with Crippen LogP contribution in [0.25, 0.3) is 0 Å². The first-order chi connectivity index (χ1) is 14.7. The van der Waals surface area contributed by atoms with Crippen LogP contribution in [0.2, 0.25) is 0 Å². The van der Waals surface area contributed by atoms with Crippen molar-refractivity contribution in [1.82, 2.24) is 5.32 Å². The Balaban J connectivity index is 1.56. The Hall–Kier alpha value is -1.59. The summed E-state index contributed by atoms with van der Waals surface area (Å²) in [5, 5.41) is 8.97. The molecule has 3 atom stereocenters. The summed E-state index contributed by atoms with van der Waals surface area (Å²) < 4.78 is 72.6. The number of hydrogen-bond acceptors (Lipinski definition) is 5. The first-order valence-corrected chi connectivity index (χ1v) is 12.5. The maximum absolute atomic E-state index is 12.8. The van der Waals surface area contributed by atoms with Crippen LogP contribution in [0, 0.1) is 17.8 Å². The van der Waals surface area contributed by atoms with Crippen LogP contribution < -0.4 is 19.9 Å². The number of alkyl halides is 3. The standard InChI is InChI=1S/C21H27F3N2O4S2/c1-19(2,29-15-5-3-4-6-16(15)30-21(22,23)24)18(31)26-17-14-8-12-7-13(9-14)11-20(17,10-12)32(25,27)28/h3-6,12-14,17H,7-11H2,1-2H3,(H,26,31)(H2,25,27,28)/t12?,13?,14?,17-,20?/m0/s1. The quantitative estimate of drug-likeness (QED) is 0.586. The molecule has 2 unspecified atom stereocenters. The highest BCUT2D eigenvalue weighted by molar-refractivity contribution is 7.90. The normalized spacial score (nSPS) is 31.9. The van der Waals surface area contributed by atoms with E-state index in [-0.39, 0.29) is 16.7 Å². The maximum Gasteiger partial charge on any atom is 0.573 e. The SMILES string of the molecule is CC(C)(Oc1ccccc1OC(F)(F)F)C(=S)N[C@H]1C2CC3CC(C2)CC1(S(N)(=O)=O)C3. The van der Waals surface area contributed by atoms with E-state index in [4.69, 9.17) is 22.1 Å². The molecule has 1 aromatic carbocycles. The highest BCUT2D eigenvalue weighted by Crippen LogP contribution is 2.58. The second-order valence-corrected chi connectivity index (χ2v) is 12.1. The molecule has 4 bridgehead atoms. The van der Waals surface area contributed by atoms with Gasteiger partial charge in [-0.3, -0.25) is 0 Å². The van der Waals surface area contributed by atoms with Crippen LogP contribution in [0.5, 0.6) is 11.5 Å². The highest BCUT2D eigenvalue weighted by Gasteiger charge is 2.63. The summed E-state index contributed by atoms with van der Waals surface area (Å²) >= 11 is 5.58. The molecule has 32 heavy (non-hydrogen) atoms. The zero-order chi connectivity index (χ0) is 23.5. The van der Waals surface area contributed by atoms with Crippen LogP contribution in [-0.4, -0.2) is 36.2 Å². The van der Waals surface area contributed by atoms with Gasteiger partial charge in [-0.2, -0.15) is 0 Å². The van der Waals surface area contributed by atoms with Crippen molar-refractivity contribution in [3.05, 3.63) is 24.3 Å². The van der Waals surface area contributed by atoms with Crippen molar-refractivity contribution in [3.8, 4) is 11.5 Å². The van der Waals surface area contributed by atoms with E-state index >= 15 is 0 Å². The van der Waals surface area contributed by atoms with E-state index in [9.17, 15) is 21.6 Å². The van der Waals surface area contributed by atoms with Crippen molar-refractivity contribution in [2.45, 2.75) is 68.7 Å². The summed E-state index contributed by atoms with van der Waals surface area (Å²) in [6.45, 7) is 3.23. The predicted octanol–water partition coefficient (Wildman–Crippen LogP) is 3.90. The van der Waals surface area contributed by atoms with Crippen molar-refractivity contribution >= 4 is 27.2 Å². The lowest BCUT2D eigenvalue weighted by Gasteiger charge is -2.60. The van der Waals surface area contributed by atoms with Crippen LogP contribution >= 0.6 is 12.2 Å². The maximum atomic E-state index is 12.8. The molecule has 5 rings (SSSR count). The molecule has 4 saturated carbocycles. The minimum atomic E-state index is -4.87. The van der Waals surface area contributed by atoms with Gasteiger partial charge in [0.25, 0.3) is 0 Å². The van der Waals surface area contributed by atoms with E-state index in [2.05, 4.69) is 10.1 Å². The summed E-state index contributed by atoms with van der Waals surface area (Å²) in [5.74, 6) is 0.201. The van der Waals surface area contributed by atoms with Gasteiger partial charge in [0.15, 0.2) is 17.1 Å². The molecule has 3 N–H and O–H groups in total. The molecule has 11 heteroatoms. The predicted molar refractivity (Wildman–Crippen MR) is 117 cm³/mol. The molecule has 4 aliphatic rings. The van der Waals surface area contributed by atoms with Crippen LogP contribution in [0.1, 0.15) is 46.0 Å². The van der Waals surface area contributed by atoms with Gasteiger partial charge in [-0.05, 0) is 75.8 Å². The third kappa shape index (κ3) is 4.31. The van der Waals surface area contributed by atoms with Gasteiger partial charge in [0, 0.05) is 0 Å². The van der Waals surface area contributed by atoms with Gasteiger partial charge in [-0.15, -0.1) is 13.2 Å². The smallest absolute Gasteiger partial charge is 0.477 e. The Labute approximate surface area is 191 Å². The van der Waals surface area contributed by atoms with E-state index < -0.39 is 38.5 Å². The molecule has 6 nitrogen and oxygen atoms in total. The van der Waals surface area contributed by atoms with Gasteiger partial charge in [0.2, 0.25) is 10.0 Å². The lowest BCUT2D eigenvalue weighted by atomic mass is 9.53. The van der Waals surface area contributed by atoms with Gasteiger partial charge in [-0.25, -0.2) is 13.6 Å². The molecule has 0 aliphatic heterocycles. The number of halogens is 3. The van der Waals surface area contributed by atoms with Crippen molar-refractivity contribution in [1.29, 1.82) is 0 Å². The Morgan fingerprint density at radius 3 is 2.12 bits per heavy atom. The molecule has 0 amide bonds. The summed E-state index contributed by atoms with van der Waals surface area (Å²) in [6, 6.07) is 4.99. The summed E-state index contributed by atoms with van der Waals surface area (Å²) in [6.07, 6.45) is -0.999. The fourth-order valence-corrected chi connectivity index (χ4v) is 7.71. The lowest BCUT2D eigenvalue weighted by Crippen LogP contribution is -2.71. The number of ether oxygens (including phenoxy) is 2. The molecule has 0 radical (unpaired) electrons. The first-order valence-electron chi connectivity index (χ1n) is 10.6. The van der Waals surface area contributed by atoms with Crippen molar-refractivity contribution < 1.29 is 31.1 Å². The molecule has 0 aromatic heterocycles. The van der Waals surface area contributed by atoms with E-state index in [1.807, 2.05) is 0 Å². The topological polar surface area (TPSA) is 90.7 Å². The van der Waals surface area contributed by atoms with E-state index in [0.717, 1.165) is 25.3 Å².